The first-order chi connectivity index (χ1) is 17.0. The zero-order chi connectivity index (χ0) is 24.5. The number of aromatic nitrogens is 3. The minimum atomic E-state index is -0.672. The number of aryl methyl sites for hydroxylation is 1. The molecule has 5 rings (SSSR count). The summed E-state index contributed by atoms with van der Waals surface area (Å²) >= 11 is 0. The van der Waals surface area contributed by atoms with E-state index in [2.05, 4.69) is 16.2 Å². The molecule has 4 aromatic rings. The highest BCUT2D eigenvalue weighted by molar-refractivity contribution is 6.07. The Morgan fingerprint density at radius 1 is 1.06 bits per heavy atom. The molecule has 1 unspecified atom stereocenters. The van der Waals surface area contributed by atoms with E-state index in [0.29, 0.717) is 29.3 Å². The summed E-state index contributed by atoms with van der Waals surface area (Å²) in [6.45, 7) is 3.44. The number of nitrogens with zero attached hydrogens (tertiary/aromatic N) is 3. The van der Waals surface area contributed by atoms with Gasteiger partial charge in [0, 0.05) is 5.39 Å². The van der Waals surface area contributed by atoms with Crippen LogP contribution in [0.5, 0.6) is 11.5 Å². The number of para-hydroxylation sites is 1. The number of hydrogen-bond donors (Lipinski definition) is 0. The second-order valence-electron chi connectivity index (χ2n) is 8.34. The molecule has 1 aliphatic rings. The van der Waals surface area contributed by atoms with Gasteiger partial charge in [0.1, 0.15) is 0 Å². The van der Waals surface area contributed by atoms with E-state index in [-0.39, 0.29) is 5.89 Å². The second-order valence-corrected chi connectivity index (χ2v) is 8.34. The van der Waals surface area contributed by atoms with Gasteiger partial charge in [0.2, 0.25) is 0 Å². The molecule has 0 saturated carbocycles. The maximum Gasteiger partial charge on any atom is 0.339 e. The van der Waals surface area contributed by atoms with E-state index in [1.165, 1.54) is 0 Å². The van der Waals surface area contributed by atoms with Crippen LogP contribution < -0.4 is 9.47 Å². The van der Waals surface area contributed by atoms with Gasteiger partial charge < -0.3 is 18.7 Å². The monoisotopic (exact) mass is 471 g/mol. The number of methoxy groups -OCH3 is 2. The molecule has 0 aliphatic heterocycles. The zero-order valence-corrected chi connectivity index (χ0v) is 20.0. The fourth-order valence-corrected chi connectivity index (χ4v) is 4.40. The van der Waals surface area contributed by atoms with Crippen LogP contribution in [-0.2, 0) is 11.2 Å². The molecule has 0 amide bonds. The van der Waals surface area contributed by atoms with Crippen molar-refractivity contribution in [2.75, 3.05) is 14.2 Å². The number of fused-ring (bicyclic) bond motifs is 2. The predicted octanol–water partition coefficient (Wildman–Crippen LogP) is 5.35. The summed E-state index contributed by atoms with van der Waals surface area (Å²) in [5.41, 5.74) is 4.97. The van der Waals surface area contributed by atoms with Crippen LogP contribution in [0.3, 0.4) is 0 Å². The van der Waals surface area contributed by atoms with Gasteiger partial charge in [0.05, 0.1) is 31.0 Å². The highest BCUT2D eigenvalue weighted by Crippen LogP contribution is 2.39. The quantitative estimate of drug-likeness (QED) is 0.347. The first-order valence-corrected chi connectivity index (χ1v) is 11.3. The fraction of sp³-hybridized carbons (Fsp3) is 0.259. The molecule has 0 saturated heterocycles. The van der Waals surface area contributed by atoms with Crippen molar-refractivity contribution < 1.29 is 23.5 Å². The summed E-state index contributed by atoms with van der Waals surface area (Å²) < 4.78 is 21.7. The molecule has 35 heavy (non-hydrogen) atoms. The number of allylic oxidation sites excluding steroid dienone is 1. The van der Waals surface area contributed by atoms with Crippen LogP contribution in [0.25, 0.3) is 22.6 Å². The maximum absolute atomic E-state index is 13.4. The van der Waals surface area contributed by atoms with Gasteiger partial charge in [-0.05, 0) is 67.7 Å². The van der Waals surface area contributed by atoms with Crippen LogP contribution in [0.2, 0.25) is 0 Å². The largest absolute Gasteiger partial charge is 0.493 e. The predicted molar refractivity (Wildman–Crippen MR) is 130 cm³/mol. The standard InChI is InChI=1S/C27H25N3O5/c1-15(26-28-16(2)30-35-26)34-27(31)24-19-7-5-6-8-21(19)29-25-18(10-11-20(24)25)13-17-9-12-22(32-3)23(14-17)33-4/h5-9,12-15H,10-11H2,1-4H3/b18-13+. The van der Waals surface area contributed by atoms with Crippen molar-refractivity contribution in [3.05, 3.63) is 76.6 Å². The van der Waals surface area contributed by atoms with Crippen molar-refractivity contribution in [3.63, 3.8) is 0 Å². The molecule has 0 fully saturated rings. The first kappa shape index (κ1) is 22.6. The molecular formula is C27H25N3O5. The molecule has 2 aromatic heterocycles. The van der Waals surface area contributed by atoms with Crippen LogP contribution in [0, 0.1) is 6.92 Å². The van der Waals surface area contributed by atoms with Crippen LogP contribution in [0.4, 0.5) is 0 Å². The Bertz CT molecular complexity index is 1460. The van der Waals surface area contributed by atoms with E-state index < -0.39 is 12.1 Å². The molecule has 1 atom stereocenters. The van der Waals surface area contributed by atoms with Gasteiger partial charge >= 0.3 is 5.97 Å². The van der Waals surface area contributed by atoms with Crippen molar-refractivity contribution in [1.29, 1.82) is 0 Å². The van der Waals surface area contributed by atoms with Crippen molar-refractivity contribution in [1.82, 2.24) is 15.1 Å². The van der Waals surface area contributed by atoms with Crippen molar-refractivity contribution in [2.24, 2.45) is 0 Å². The average molecular weight is 472 g/mol. The average Bonchev–Trinajstić information content (AvgIpc) is 3.48. The van der Waals surface area contributed by atoms with Crippen molar-refractivity contribution in [3.8, 4) is 11.5 Å². The zero-order valence-electron chi connectivity index (χ0n) is 20.0. The maximum atomic E-state index is 13.4. The van der Waals surface area contributed by atoms with Crippen LogP contribution in [-0.4, -0.2) is 35.3 Å². The van der Waals surface area contributed by atoms with E-state index in [9.17, 15) is 4.79 Å². The topological polar surface area (TPSA) is 96.6 Å². The fourth-order valence-electron chi connectivity index (χ4n) is 4.40. The van der Waals surface area contributed by atoms with E-state index in [0.717, 1.165) is 39.7 Å². The Kier molecular flexibility index (Phi) is 5.94. The summed E-state index contributed by atoms with van der Waals surface area (Å²) in [5.74, 6) is 1.64. The summed E-state index contributed by atoms with van der Waals surface area (Å²) in [6, 6.07) is 13.4. The van der Waals surface area contributed by atoms with Crippen LogP contribution in [0.15, 0.2) is 47.0 Å². The van der Waals surface area contributed by atoms with E-state index in [1.807, 2.05) is 42.5 Å². The summed E-state index contributed by atoms with van der Waals surface area (Å²) in [5, 5.41) is 4.55. The molecule has 8 nitrogen and oxygen atoms in total. The van der Waals surface area contributed by atoms with E-state index in [4.69, 9.17) is 23.7 Å². The number of rotatable bonds is 6. The minimum absolute atomic E-state index is 0.264. The molecule has 0 bridgehead atoms. The molecule has 2 aromatic carbocycles. The van der Waals surface area contributed by atoms with Crippen molar-refractivity contribution >= 4 is 28.5 Å². The lowest BCUT2D eigenvalue weighted by Crippen LogP contribution is -2.13. The molecule has 2 heterocycles. The Balaban J connectivity index is 1.56. The lowest BCUT2D eigenvalue weighted by Gasteiger charge is -2.14. The summed E-state index contributed by atoms with van der Waals surface area (Å²) in [6.07, 6.45) is 2.85. The molecule has 8 heteroatoms. The molecule has 178 valence electrons. The Morgan fingerprint density at radius 3 is 2.60 bits per heavy atom. The van der Waals surface area contributed by atoms with Gasteiger partial charge in [-0.3, -0.25) is 0 Å². The van der Waals surface area contributed by atoms with Crippen molar-refractivity contribution in [2.45, 2.75) is 32.8 Å². The second kappa shape index (κ2) is 9.21. The van der Waals surface area contributed by atoms with E-state index >= 15 is 0 Å². The Hall–Kier alpha value is -4.20. The molecule has 0 spiro atoms. The van der Waals surface area contributed by atoms with Gasteiger partial charge in [-0.25, -0.2) is 9.78 Å². The number of carbonyl (C=O) groups is 1. The third-order valence-electron chi connectivity index (χ3n) is 6.07. The van der Waals surface area contributed by atoms with Crippen LogP contribution in [0.1, 0.15) is 58.3 Å². The number of pyridine rings is 1. The van der Waals surface area contributed by atoms with Gasteiger partial charge in [-0.1, -0.05) is 29.4 Å². The van der Waals surface area contributed by atoms with Gasteiger partial charge in [0.15, 0.2) is 23.4 Å². The van der Waals surface area contributed by atoms with Gasteiger partial charge in [0.25, 0.3) is 5.89 Å². The number of esters is 1. The summed E-state index contributed by atoms with van der Waals surface area (Å²) in [4.78, 5) is 22.5. The molecular weight excluding hydrogens is 446 g/mol. The number of benzene rings is 2. The smallest absolute Gasteiger partial charge is 0.339 e. The third-order valence-corrected chi connectivity index (χ3v) is 6.07. The third kappa shape index (κ3) is 4.23. The first-order valence-electron chi connectivity index (χ1n) is 11.3. The number of ether oxygens (including phenoxy) is 3. The highest BCUT2D eigenvalue weighted by atomic mass is 16.6. The SMILES string of the molecule is COc1ccc(/C=C2\CCc3c2nc2ccccc2c3C(=O)OC(C)c2nc(C)no2)cc1OC. The number of hydrogen-bond acceptors (Lipinski definition) is 8. The minimum Gasteiger partial charge on any atom is -0.493 e. The summed E-state index contributed by atoms with van der Waals surface area (Å²) in [7, 11) is 3.22. The van der Waals surface area contributed by atoms with Gasteiger partial charge in [-0.2, -0.15) is 4.98 Å². The van der Waals surface area contributed by atoms with Gasteiger partial charge in [-0.15, -0.1) is 0 Å². The van der Waals surface area contributed by atoms with Crippen LogP contribution >= 0.6 is 0 Å². The number of carbonyl (C=O) groups excluding carboxylic acids is 1. The van der Waals surface area contributed by atoms with E-state index in [1.54, 1.807) is 28.1 Å². The Morgan fingerprint density at radius 2 is 1.86 bits per heavy atom. The molecule has 1 aliphatic carbocycles. The lowest BCUT2D eigenvalue weighted by atomic mass is 10.0. The normalized spacial score (nSPS) is 14.7. The lowest BCUT2D eigenvalue weighted by molar-refractivity contribution is 0.0266. The Labute approximate surface area is 202 Å². The highest BCUT2D eigenvalue weighted by Gasteiger charge is 2.29. The molecule has 0 N–H and O–H groups in total. The molecule has 0 radical (unpaired) electrons.